The summed E-state index contributed by atoms with van der Waals surface area (Å²) in [7, 11) is 0. The van der Waals surface area contributed by atoms with Crippen LogP contribution in [0.5, 0.6) is 0 Å². The van der Waals surface area contributed by atoms with E-state index in [2.05, 4.69) is 103 Å². The summed E-state index contributed by atoms with van der Waals surface area (Å²) in [5, 5.41) is 4.35. The van der Waals surface area contributed by atoms with E-state index in [0.29, 0.717) is 0 Å². The minimum Gasteiger partial charge on any atom is -0.318 e. The normalized spacial score (nSPS) is 12.1. The number of nitrogens with zero attached hydrogens (tertiary/aromatic N) is 2. The summed E-state index contributed by atoms with van der Waals surface area (Å²) >= 11 is 2.33. The summed E-state index contributed by atoms with van der Waals surface area (Å²) in [5.41, 5.74) is 7.86. The van der Waals surface area contributed by atoms with Crippen LogP contribution in [0.3, 0.4) is 0 Å². The summed E-state index contributed by atoms with van der Waals surface area (Å²) < 4.78 is 3.50. The average Bonchev–Trinajstić information content (AvgIpc) is 2.65. The van der Waals surface area contributed by atoms with Crippen molar-refractivity contribution in [2.75, 3.05) is 0 Å². The molecular weight excluding hydrogens is 373 g/mol. The second-order valence-corrected chi connectivity index (χ2v) is 7.50. The van der Waals surface area contributed by atoms with Crippen molar-refractivity contribution in [1.29, 1.82) is 0 Å². The molecule has 0 amide bonds. The zero-order chi connectivity index (χ0) is 15.6. The van der Waals surface area contributed by atoms with Crippen LogP contribution in [0, 0.1) is 17.4 Å². The van der Waals surface area contributed by atoms with Crippen LogP contribution in [0.1, 0.15) is 37.7 Å². The van der Waals surface area contributed by atoms with Gasteiger partial charge in [-0.3, -0.25) is 0 Å². The molecule has 3 nitrogen and oxygen atoms in total. The number of aryl methyl sites for hydroxylation is 1. The Morgan fingerprint density at radius 1 is 1.14 bits per heavy atom. The fourth-order valence-corrected chi connectivity index (χ4v) is 2.56. The Kier molecular flexibility index (Phi) is 4.76. The van der Waals surface area contributed by atoms with Crippen molar-refractivity contribution in [2.45, 2.75) is 40.2 Å². The fraction of sp³-hybridized carbons (Fsp3) is 0.353. The molecule has 2 aromatic rings. The second kappa shape index (κ2) is 6.22. The number of hydrazone groups is 1. The highest BCUT2D eigenvalue weighted by Crippen LogP contribution is 2.20. The first-order valence-corrected chi connectivity index (χ1v) is 8.11. The van der Waals surface area contributed by atoms with E-state index in [0.717, 1.165) is 5.56 Å². The average molecular weight is 395 g/mol. The Morgan fingerprint density at radius 3 is 2.33 bits per heavy atom. The van der Waals surface area contributed by atoms with Crippen LogP contribution < -0.4 is 5.43 Å². The molecule has 112 valence electrons. The molecular formula is C17H22IN3. The maximum absolute atomic E-state index is 4.35. The molecule has 1 aromatic carbocycles. The van der Waals surface area contributed by atoms with E-state index < -0.39 is 0 Å². The van der Waals surface area contributed by atoms with Crippen LogP contribution in [-0.2, 0) is 0 Å². The van der Waals surface area contributed by atoms with Crippen molar-refractivity contribution in [1.82, 2.24) is 9.99 Å². The topological polar surface area (TPSA) is 29.3 Å². The van der Waals surface area contributed by atoms with E-state index >= 15 is 0 Å². The van der Waals surface area contributed by atoms with Crippen LogP contribution in [0.15, 0.2) is 35.4 Å². The van der Waals surface area contributed by atoms with Gasteiger partial charge in [0.15, 0.2) is 0 Å². The van der Waals surface area contributed by atoms with Crippen molar-refractivity contribution in [3.63, 3.8) is 0 Å². The molecule has 1 aromatic heterocycles. The van der Waals surface area contributed by atoms with Crippen molar-refractivity contribution in [3.8, 4) is 5.69 Å². The molecule has 0 radical (unpaired) electrons. The second-order valence-electron chi connectivity index (χ2n) is 6.26. The Labute approximate surface area is 140 Å². The van der Waals surface area contributed by atoms with Gasteiger partial charge in [0.05, 0.1) is 6.21 Å². The SMILES string of the molecule is Cc1cc(/C=N/NC(C)(C)C)c(C)n1-c1ccc(I)cc1. The van der Waals surface area contributed by atoms with Gasteiger partial charge in [0.1, 0.15) is 0 Å². The van der Waals surface area contributed by atoms with E-state index in [-0.39, 0.29) is 5.54 Å². The van der Waals surface area contributed by atoms with Gasteiger partial charge in [-0.25, -0.2) is 0 Å². The van der Waals surface area contributed by atoms with E-state index in [4.69, 9.17) is 0 Å². The number of nitrogens with one attached hydrogen (secondary N) is 1. The van der Waals surface area contributed by atoms with Crippen LogP contribution in [0.25, 0.3) is 5.69 Å². The highest BCUT2D eigenvalue weighted by molar-refractivity contribution is 14.1. The Morgan fingerprint density at radius 2 is 1.76 bits per heavy atom. The first kappa shape index (κ1) is 16.1. The quantitative estimate of drug-likeness (QED) is 0.465. The Balaban J connectivity index is 2.32. The molecule has 0 saturated heterocycles. The fourth-order valence-electron chi connectivity index (χ4n) is 2.20. The van der Waals surface area contributed by atoms with Gasteiger partial charge in [-0.2, -0.15) is 5.10 Å². The Hall–Kier alpha value is -1.30. The van der Waals surface area contributed by atoms with E-state index in [9.17, 15) is 0 Å². The number of halogens is 1. The monoisotopic (exact) mass is 395 g/mol. The highest BCUT2D eigenvalue weighted by Gasteiger charge is 2.10. The molecule has 21 heavy (non-hydrogen) atoms. The van der Waals surface area contributed by atoms with Crippen molar-refractivity contribution >= 4 is 28.8 Å². The van der Waals surface area contributed by atoms with E-state index in [1.165, 1.54) is 20.6 Å². The van der Waals surface area contributed by atoms with Gasteiger partial charge < -0.3 is 9.99 Å². The van der Waals surface area contributed by atoms with Gasteiger partial charge in [0.2, 0.25) is 0 Å². The Bertz CT molecular complexity index is 646. The molecule has 0 saturated carbocycles. The molecule has 0 aliphatic heterocycles. The summed E-state index contributed by atoms with van der Waals surface area (Å²) in [6, 6.07) is 10.7. The molecule has 0 spiro atoms. The zero-order valence-corrected chi connectivity index (χ0v) is 15.4. The van der Waals surface area contributed by atoms with Crippen LogP contribution in [-0.4, -0.2) is 16.3 Å². The molecule has 1 N–H and O–H groups in total. The summed E-state index contributed by atoms with van der Waals surface area (Å²) in [6.45, 7) is 10.5. The summed E-state index contributed by atoms with van der Waals surface area (Å²) in [4.78, 5) is 0. The number of aromatic nitrogens is 1. The maximum Gasteiger partial charge on any atom is 0.0558 e. The molecule has 1 heterocycles. The lowest BCUT2D eigenvalue weighted by atomic mass is 10.1. The number of benzene rings is 1. The van der Waals surface area contributed by atoms with E-state index in [1.807, 2.05) is 6.21 Å². The summed E-state index contributed by atoms with van der Waals surface area (Å²) in [6.07, 6.45) is 1.90. The molecule has 0 bridgehead atoms. The molecule has 0 fully saturated rings. The van der Waals surface area contributed by atoms with Crippen LogP contribution >= 0.6 is 22.6 Å². The molecule has 0 aliphatic carbocycles. The van der Waals surface area contributed by atoms with Crippen LogP contribution in [0.4, 0.5) is 0 Å². The van der Waals surface area contributed by atoms with Crippen molar-refractivity contribution in [3.05, 3.63) is 50.9 Å². The number of hydrogen-bond acceptors (Lipinski definition) is 2. The highest BCUT2D eigenvalue weighted by atomic mass is 127. The third kappa shape index (κ3) is 4.09. The van der Waals surface area contributed by atoms with Gasteiger partial charge in [0, 0.05) is 31.7 Å². The van der Waals surface area contributed by atoms with Gasteiger partial charge in [0.25, 0.3) is 0 Å². The van der Waals surface area contributed by atoms with Gasteiger partial charge in [-0.15, -0.1) is 0 Å². The predicted molar refractivity (Wildman–Crippen MR) is 98.4 cm³/mol. The zero-order valence-electron chi connectivity index (χ0n) is 13.2. The smallest absolute Gasteiger partial charge is 0.0558 e. The third-order valence-electron chi connectivity index (χ3n) is 3.16. The van der Waals surface area contributed by atoms with Gasteiger partial charge in [-0.1, -0.05) is 0 Å². The van der Waals surface area contributed by atoms with Crippen molar-refractivity contribution < 1.29 is 0 Å². The minimum atomic E-state index is -0.0157. The lowest BCUT2D eigenvalue weighted by Gasteiger charge is -2.17. The molecule has 2 rings (SSSR count). The molecule has 0 atom stereocenters. The minimum absolute atomic E-state index is 0.0157. The third-order valence-corrected chi connectivity index (χ3v) is 3.88. The standard InChI is InChI=1S/C17H22IN3/c1-12-10-14(11-19-20-17(3,4)5)13(2)21(12)16-8-6-15(18)7-9-16/h6-11,20H,1-5H3/b19-11+. The maximum atomic E-state index is 4.35. The number of hydrogen-bond donors (Lipinski definition) is 1. The number of rotatable bonds is 3. The molecule has 4 heteroatoms. The molecule has 0 aliphatic rings. The lowest BCUT2D eigenvalue weighted by Crippen LogP contribution is -2.31. The lowest BCUT2D eigenvalue weighted by molar-refractivity contribution is 0.442. The predicted octanol–water partition coefficient (Wildman–Crippen LogP) is 4.42. The first-order chi connectivity index (χ1) is 9.78. The largest absolute Gasteiger partial charge is 0.318 e. The molecule has 0 unspecified atom stereocenters. The van der Waals surface area contributed by atoms with Gasteiger partial charge in [-0.05, 0) is 87.5 Å². The van der Waals surface area contributed by atoms with Crippen molar-refractivity contribution in [2.24, 2.45) is 5.10 Å². The van der Waals surface area contributed by atoms with Gasteiger partial charge >= 0.3 is 0 Å². The van der Waals surface area contributed by atoms with E-state index in [1.54, 1.807) is 0 Å². The first-order valence-electron chi connectivity index (χ1n) is 7.03. The summed E-state index contributed by atoms with van der Waals surface area (Å²) in [5.74, 6) is 0. The van der Waals surface area contributed by atoms with Crippen LogP contribution in [0.2, 0.25) is 0 Å².